The molecular formula is C18H35NO2Si. The fraction of sp³-hybridized carbons (Fsp3) is 1.00. The van der Waals surface area contributed by atoms with Crippen LogP contribution in [0.1, 0.15) is 58.8 Å². The minimum atomic E-state index is -2.25. The molecule has 4 heteroatoms. The van der Waals surface area contributed by atoms with Gasteiger partial charge in [-0.05, 0) is 56.0 Å². The molecule has 1 aliphatic heterocycles. The van der Waals surface area contributed by atoms with Crippen LogP contribution < -0.4 is 0 Å². The third-order valence-electron chi connectivity index (χ3n) is 6.65. The lowest BCUT2D eigenvalue weighted by atomic mass is 9.82. The number of hydrogen-bond donors (Lipinski definition) is 0. The van der Waals surface area contributed by atoms with Crippen molar-refractivity contribution in [1.29, 1.82) is 0 Å². The molecule has 1 saturated heterocycles. The highest BCUT2D eigenvalue weighted by molar-refractivity contribution is 6.66. The highest BCUT2D eigenvalue weighted by Crippen LogP contribution is 2.52. The summed E-state index contributed by atoms with van der Waals surface area (Å²) < 4.78 is 15.2. The van der Waals surface area contributed by atoms with E-state index in [1.165, 1.54) is 58.0 Å². The summed E-state index contributed by atoms with van der Waals surface area (Å²) in [6.45, 7) is 7.12. The first-order chi connectivity index (χ1) is 10.6. The van der Waals surface area contributed by atoms with E-state index in [1.54, 1.807) is 0 Å². The molecule has 0 bridgehead atoms. The van der Waals surface area contributed by atoms with Crippen molar-refractivity contribution < 1.29 is 8.85 Å². The van der Waals surface area contributed by atoms with Crippen LogP contribution >= 0.6 is 0 Å². The minimum Gasteiger partial charge on any atom is -0.386 e. The first-order valence-corrected chi connectivity index (χ1v) is 11.3. The standard InChI is InChI=1S/C18H35NO2Si/c1-14-9-15(2)13-19(12-14)22(20-3,21-4)18-10-16-7-5-6-8-17(16)11-18/h14-18H,5-13H2,1-4H3. The molecule has 0 spiro atoms. The zero-order valence-electron chi connectivity index (χ0n) is 15.0. The smallest absolute Gasteiger partial charge is 0.386 e. The van der Waals surface area contributed by atoms with Crippen LogP contribution in [0.2, 0.25) is 5.54 Å². The summed E-state index contributed by atoms with van der Waals surface area (Å²) in [5.74, 6) is 3.44. The average molecular weight is 326 g/mol. The van der Waals surface area contributed by atoms with Crippen molar-refractivity contribution in [3.63, 3.8) is 0 Å². The maximum absolute atomic E-state index is 6.26. The molecule has 22 heavy (non-hydrogen) atoms. The minimum absolute atomic E-state index is 0.674. The molecule has 4 atom stereocenters. The Morgan fingerprint density at radius 2 is 1.32 bits per heavy atom. The Kier molecular flexibility index (Phi) is 5.33. The Bertz CT molecular complexity index is 350. The average Bonchev–Trinajstić information content (AvgIpc) is 2.92. The highest BCUT2D eigenvalue weighted by Gasteiger charge is 2.56. The van der Waals surface area contributed by atoms with Gasteiger partial charge in [-0.15, -0.1) is 0 Å². The summed E-state index contributed by atoms with van der Waals surface area (Å²) in [5.41, 5.74) is 0.674. The predicted octanol–water partition coefficient (Wildman–Crippen LogP) is 4.17. The fourth-order valence-corrected chi connectivity index (χ4v) is 10.1. The van der Waals surface area contributed by atoms with E-state index in [4.69, 9.17) is 8.85 Å². The first kappa shape index (κ1) is 16.9. The van der Waals surface area contributed by atoms with E-state index in [1.807, 2.05) is 14.2 Å². The van der Waals surface area contributed by atoms with Gasteiger partial charge >= 0.3 is 8.72 Å². The lowest BCUT2D eigenvalue weighted by molar-refractivity contribution is 0.103. The maximum Gasteiger partial charge on any atom is 0.430 e. The van der Waals surface area contributed by atoms with Crippen molar-refractivity contribution >= 4 is 8.72 Å². The van der Waals surface area contributed by atoms with Gasteiger partial charge in [0.25, 0.3) is 0 Å². The monoisotopic (exact) mass is 325 g/mol. The van der Waals surface area contributed by atoms with Crippen molar-refractivity contribution in [3.8, 4) is 0 Å². The van der Waals surface area contributed by atoms with Crippen LogP contribution in [0, 0.1) is 23.7 Å². The molecule has 3 fully saturated rings. The summed E-state index contributed by atoms with van der Waals surface area (Å²) >= 11 is 0. The molecule has 1 heterocycles. The predicted molar refractivity (Wildman–Crippen MR) is 92.7 cm³/mol. The summed E-state index contributed by atoms with van der Waals surface area (Å²) in [7, 11) is 1.59. The van der Waals surface area contributed by atoms with Crippen LogP contribution in [0.25, 0.3) is 0 Å². The quantitative estimate of drug-likeness (QED) is 0.724. The molecule has 0 aromatic heterocycles. The maximum atomic E-state index is 6.26. The molecule has 3 aliphatic rings. The second kappa shape index (κ2) is 6.92. The molecule has 0 N–H and O–H groups in total. The fourth-order valence-electron chi connectivity index (χ4n) is 5.88. The van der Waals surface area contributed by atoms with Crippen LogP contribution in [-0.2, 0) is 8.85 Å². The van der Waals surface area contributed by atoms with Gasteiger partial charge in [0.15, 0.2) is 0 Å². The molecule has 0 radical (unpaired) electrons. The van der Waals surface area contributed by atoms with Crippen LogP contribution in [0.3, 0.4) is 0 Å². The van der Waals surface area contributed by atoms with Gasteiger partial charge in [-0.3, -0.25) is 4.57 Å². The normalized spacial score (nSPS) is 40.6. The summed E-state index contributed by atoms with van der Waals surface area (Å²) in [6, 6.07) is 0. The first-order valence-electron chi connectivity index (χ1n) is 9.44. The van der Waals surface area contributed by atoms with E-state index in [9.17, 15) is 0 Å². The molecule has 2 saturated carbocycles. The van der Waals surface area contributed by atoms with E-state index >= 15 is 0 Å². The van der Waals surface area contributed by atoms with Gasteiger partial charge in [-0.2, -0.15) is 0 Å². The van der Waals surface area contributed by atoms with Gasteiger partial charge in [0.1, 0.15) is 0 Å². The SMILES string of the molecule is CO[Si](OC)(C1CC2CCCCC2C1)N1CC(C)CC(C)C1. The molecular weight excluding hydrogens is 290 g/mol. The lowest BCUT2D eigenvalue weighted by Crippen LogP contribution is -2.63. The Morgan fingerprint density at radius 1 is 0.818 bits per heavy atom. The summed E-state index contributed by atoms with van der Waals surface area (Å²) in [4.78, 5) is 0. The summed E-state index contributed by atoms with van der Waals surface area (Å²) in [6.07, 6.45) is 9.86. The zero-order chi connectivity index (χ0) is 15.7. The largest absolute Gasteiger partial charge is 0.430 e. The third-order valence-corrected chi connectivity index (χ3v) is 10.6. The Hall–Kier alpha value is 0.0969. The summed E-state index contributed by atoms with van der Waals surface area (Å²) in [5, 5.41) is 0. The number of rotatable bonds is 4. The van der Waals surface area contributed by atoms with Crippen LogP contribution in [0.4, 0.5) is 0 Å². The van der Waals surface area contributed by atoms with E-state index in [2.05, 4.69) is 18.4 Å². The second-order valence-corrected chi connectivity index (χ2v) is 11.9. The molecule has 128 valence electrons. The molecule has 0 amide bonds. The van der Waals surface area contributed by atoms with Crippen LogP contribution in [0.5, 0.6) is 0 Å². The van der Waals surface area contributed by atoms with Crippen LogP contribution in [-0.4, -0.2) is 40.6 Å². The van der Waals surface area contributed by atoms with Crippen LogP contribution in [0.15, 0.2) is 0 Å². The number of nitrogens with zero attached hydrogens (tertiary/aromatic N) is 1. The molecule has 0 aromatic carbocycles. The van der Waals surface area contributed by atoms with Crippen molar-refractivity contribution in [1.82, 2.24) is 4.57 Å². The molecule has 3 rings (SSSR count). The van der Waals surface area contributed by atoms with Gasteiger partial charge in [-0.1, -0.05) is 39.5 Å². The van der Waals surface area contributed by atoms with Crippen molar-refractivity contribution in [3.05, 3.63) is 0 Å². The van der Waals surface area contributed by atoms with Gasteiger partial charge in [-0.25, -0.2) is 0 Å². The van der Waals surface area contributed by atoms with Crippen molar-refractivity contribution in [2.75, 3.05) is 27.3 Å². The lowest BCUT2D eigenvalue weighted by Gasteiger charge is -2.46. The molecule has 4 unspecified atom stereocenters. The molecule has 2 aliphatic carbocycles. The molecule has 3 nitrogen and oxygen atoms in total. The van der Waals surface area contributed by atoms with Gasteiger partial charge in [0.05, 0.1) is 0 Å². The van der Waals surface area contributed by atoms with E-state index < -0.39 is 8.72 Å². The van der Waals surface area contributed by atoms with Gasteiger partial charge < -0.3 is 8.85 Å². The molecule has 0 aromatic rings. The Labute approximate surface area is 138 Å². The number of hydrogen-bond acceptors (Lipinski definition) is 3. The topological polar surface area (TPSA) is 21.7 Å². The van der Waals surface area contributed by atoms with Gasteiger partial charge in [0, 0.05) is 19.8 Å². The second-order valence-electron chi connectivity index (χ2n) is 8.36. The number of piperidine rings is 1. The Balaban J connectivity index is 1.78. The van der Waals surface area contributed by atoms with Crippen molar-refractivity contribution in [2.24, 2.45) is 23.7 Å². The van der Waals surface area contributed by atoms with E-state index in [0.29, 0.717) is 5.54 Å². The highest BCUT2D eigenvalue weighted by atomic mass is 28.4. The van der Waals surface area contributed by atoms with E-state index in [0.717, 1.165) is 23.7 Å². The van der Waals surface area contributed by atoms with Gasteiger partial charge in [0.2, 0.25) is 0 Å². The third kappa shape index (κ3) is 3.04. The van der Waals surface area contributed by atoms with Crippen molar-refractivity contribution in [2.45, 2.75) is 64.3 Å². The zero-order valence-corrected chi connectivity index (χ0v) is 16.0. The number of fused-ring (bicyclic) bond motifs is 1. The Morgan fingerprint density at radius 3 is 1.77 bits per heavy atom. The van der Waals surface area contributed by atoms with E-state index in [-0.39, 0.29) is 0 Å².